The number of hydrogen-bond donors (Lipinski definition) is 0. The van der Waals surface area contributed by atoms with Gasteiger partial charge in [-0.1, -0.05) is 13.8 Å². The summed E-state index contributed by atoms with van der Waals surface area (Å²) in [6.45, 7) is 9.67. The van der Waals surface area contributed by atoms with Gasteiger partial charge in [0.25, 0.3) is 0 Å². The van der Waals surface area contributed by atoms with E-state index in [2.05, 4.69) is 35.4 Å². The zero-order valence-electron chi connectivity index (χ0n) is 14.7. The maximum Gasteiger partial charge on any atom is 0.222 e. The molecule has 0 spiro atoms. The van der Waals surface area contributed by atoms with Gasteiger partial charge in [-0.3, -0.25) is 9.48 Å². The Morgan fingerprint density at radius 2 is 2.13 bits per heavy atom. The van der Waals surface area contributed by atoms with E-state index >= 15 is 0 Å². The lowest BCUT2D eigenvalue weighted by Crippen LogP contribution is -2.26. The third-order valence-corrected chi connectivity index (χ3v) is 4.95. The average molecular weight is 334 g/mol. The molecule has 0 saturated carbocycles. The fraction of sp³-hybridized carbons (Fsp3) is 0.588. The molecule has 1 amide bonds. The summed E-state index contributed by atoms with van der Waals surface area (Å²) in [7, 11) is 1.85. The van der Waals surface area contributed by atoms with Gasteiger partial charge >= 0.3 is 0 Å². The van der Waals surface area contributed by atoms with E-state index in [9.17, 15) is 4.79 Å². The second kappa shape index (κ2) is 7.73. The van der Waals surface area contributed by atoms with Crippen LogP contribution in [-0.2, 0) is 17.9 Å². The average Bonchev–Trinajstić information content (AvgIpc) is 3.06. The Morgan fingerprint density at radius 3 is 2.70 bits per heavy atom. The predicted octanol–water partition coefficient (Wildman–Crippen LogP) is 3.52. The van der Waals surface area contributed by atoms with Crippen molar-refractivity contribution in [3.05, 3.63) is 33.5 Å². The van der Waals surface area contributed by atoms with Crippen LogP contribution in [-0.4, -0.2) is 32.6 Å². The monoisotopic (exact) mass is 334 g/mol. The Kier molecular flexibility index (Phi) is 5.93. The molecule has 0 bridgehead atoms. The molecule has 126 valence electrons. The van der Waals surface area contributed by atoms with Gasteiger partial charge in [-0.05, 0) is 26.3 Å². The Bertz CT molecular complexity index is 659. The molecule has 0 aliphatic heterocycles. The molecule has 0 N–H and O–H groups in total. The van der Waals surface area contributed by atoms with Crippen LogP contribution in [0.2, 0.25) is 0 Å². The van der Waals surface area contributed by atoms with Crippen molar-refractivity contribution < 1.29 is 4.79 Å². The summed E-state index contributed by atoms with van der Waals surface area (Å²) in [5.74, 6) is 0.598. The lowest BCUT2D eigenvalue weighted by atomic mass is 10.2. The summed E-state index contributed by atoms with van der Waals surface area (Å²) < 4.78 is 1.97. The van der Waals surface area contributed by atoms with E-state index in [0.29, 0.717) is 18.9 Å². The van der Waals surface area contributed by atoms with E-state index in [4.69, 9.17) is 0 Å². The normalized spacial score (nSPS) is 11.2. The molecule has 0 saturated heterocycles. The molecule has 5 nitrogen and oxygen atoms in total. The van der Waals surface area contributed by atoms with Crippen molar-refractivity contribution in [1.82, 2.24) is 19.7 Å². The number of nitrogens with zero attached hydrogens (tertiary/aromatic N) is 4. The molecule has 0 fully saturated rings. The molecule has 0 unspecified atom stereocenters. The summed E-state index contributed by atoms with van der Waals surface area (Å²) in [5, 5.41) is 7.60. The standard InChI is InChI=1S/C17H26N4OS/c1-12(2)17-18-15(11-23-17)10-20(5)16(22)7-6-8-21-14(4)9-13(3)19-21/h9,11-12H,6-8,10H2,1-5H3. The molecule has 2 rings (SSSR count). The molecule has 2 aromatic rings. The van der Waals surface area contributed by atoms with Gasteiger partial charge in [-0.15, -0.1) is 11.3 Å². The first-order valence-corrected chi connectivity index (χ1v) is 8.94. The number of thiazole rings is 1. The van der Waals surface area contributed by atoms with Gasteiger partial charge in [0.05, 0.1) is 22.9 Å². The molecule has 2 aromatic heterocycles. The van der Waals surface area contributed by atoms with Crippen LogP contribution in [0.5, 0.6) is 0 Å². The van der Waals surface area contributed by atoms with Crippen molar-refractivity contribution in [1.29, 1.82) is 0 Å². The number of amides is 1. The van der Waals surface area contributed by atoms with Crippen molar-refractivity contribution in [2.45, 2.75) is 59.5 Å². The number of hydrogen-bond acceptors (Lipinski definition) is 4. The maximum absolute atomic E-state index is 12.2. The molecule has 0 atom stereocenters. The minimum absolute atomic E-state index is 0.158. The summed E-state index contributed by atoms with van der Waals surface area (Å²) in [6.07, 6.45) is 1.34. The fourth-order valence-corrected chi connectivity index (χ4v) is 3.29. The van der Waals surface area contributed by atoms with E-state index in [0.717, 1.165) is 35.1 Å². The highest BCUT2D eigenvalue weighted by Gasteiger charge is 2.12. The van der Waals surface area contributed by atoms with Crippen LogP contribution < -0.4 is 0 Å². The van der Waals surface area contributed by atoms with Gasteiger partial charge in [-0.2, -0.15) is 5.10 Å². The Morgan fingerprint density at radius 1 is 1.39 bits per heavy atom. The Hall–Kier alpha value is -1.69. The number of aromatic nitrogens is 3. The first kappa shape index (κ1) is 17.7. The van der Waals surface area contributed by atoms with Crippen LogP contribution in [0.4, 0.5) is 0 Å². The second-order valence-corrected chi connectivity index (χ2v) is 7.23. The first-order valence-electron chi connectivity index (χ1n) is 8.06. The number of rotatable bonds is 7. The van der Waals surface area contributed by atoms with Gasteiger partial charge in [0, 0.05) is 37.0 Å². The third-order valence-electron chi connectivity index (χ3n) is 3.75. The van der Waals surface area contributed by atoms with Crippen LogP contribution in [0.1, 0.15) is 54.7 Å². The van der Waals surface area contributed by atoms with E-state index < -0.39 is 0 Å². The highest BCUT2D eigenvalue weighted by molar-refractivity contribution is 7.09. The number of aryl methyl sites for hydroxylation is 3. The molecular formula is C17H26N4OS. The molecule has 0 radical (unpaired) electrons. The third kappa shape index (κ3) is 4.89. The molecular weight excluding hydrogens is 308 g/mol. The molecule has 2 heterocycles. The maximum atomic E-state index is 12.2. The van der Waals surface area contributed by atoms with Crippen LogP contribution in [0.15, 0.2) is 11.4 Å². The van der Waals surface area contributed by atoms with Crippen LogP contribution in [0, 0.1) is 13.8 Å². The van der Waals surface area contributed by atoms with Crippen molar-refractivity contribution in [2.24, 2.45) is 0 Å². The topological polar surface area (TPSA) is 51.0 Å². The predicted molar refractivity (Wildman–Crippen MR) is 93.6 cm³/mol. The zero-order valence-corrected chi connectivity index (χ0v) is 15.5. The highest BCUT2D eigenvalue weighted by Crippen LogP contribution is 2.20. The zero-order chi connectivity index (χ0) is 17.0. The van der Waals surface area contributed by atoms with Crippen molar-refractivity contribution in [3.8, 4) is 0 Å². The fourth-order valence-electron chi connectivity index (χ4n) is 2.46. The van der Waals surface area contributed by atoms with Crippen LogP contribution in [0.3, 0.4) is 0 Å². The smallest absolute Gasteiger partial charge is 0.222 e. The van der Waals surface area contributed by atoms with E-state index in [1.165, 1.54) is 0 Å². The summed E-state index contributed by atoms with van der Waals surface area (Å²) in [5.41, 5.74) is 3.15. The minimum Gasteiger partial charge on any atom is -0.340 e. The number of carbonyl (C=O) groups is 1. The van der Waals surface area contributed by atoms with E-state index in [1.807, 2.05) is 25.6 Å². The molecule has 0 aliphatic rings. The highest BCUT2D eigenvalue weighted by atomic mass is 32.1. The van der Waals surface area contributed by atoms with Gasteiger partial charge in [0.1, 0.15) is 0 Å². The van der Waals surface area contributed by atoms with Crippen molar-refractivity contribution in [3.63, 3.8) is 0 Å². The number of carbonyl (C=O) groups excluding carboxylic acids is 1. The molecule has 23 heavy (non-hydrogen) atoms. The minimum atomic E-state index is 0.158. The van der Waals surface area contributed by atoms with Crippen LogP contribution in [0.25, 0.3) is 0 Å². The summed E-state index contributed by atoms with van der Waals surface area (Å²) in [4.78, 5) is 18.6. The van der Waals surface area contributed by atoms with Crippen molar-refractivity contribution >= 4 is 17.2 Å². The largest absolute Gasteiger partial charge is 0.340 e. The van der Waals surface area contributed by atoms with Gasteiger partial charge in [0.2, 0.25) is 5.91 Å². The van der Waals surface area contributed by atoms with Gasteiger partial charge in [0.15, 0.2) is 0 Å². The van der Waals surface area contributed by atoms with Gasteiger partial charge < -0.3 is 4.90 Å². The second-order valence-electron chi connectivity index (χ2n) is 6.34. The Balaban J connectivity index is 1.79. The lowest BCUT2D eigenvalue weighted by Gasteiger charge is -2.16. The SMILES string of the molecule is Cc1cc(C)n(CCCC(=O)N(C)Cc2csc(C(C)C)n2)n1. The molecule has 0 aliphatic carbocycles. The molecule has 6 heteroatoms. The van der Waals surface area contributed by atoms with Gasteiger partial charge in [-0.25, -0.2) is 4.98 Å². The molecule has 0 aromatic carbocycles. The summed E-state index contributed by atoms with van der Waals surface area (Å²) in [6, 6.07) is 2.06. The van der Waals surface area contributed by atoms with Crippen molar-refractivity contribution in [2.75, 3.05) is 7.05 Å². The summed E-state index contributed by atoms with van der Waals surface area (Å²) >= 11 is 1.67. The van der Waals surface area contributed by atoms with E-state index in [1.54, 1.807) is 16.2 Å². The van der Waals surface area contributed by atoms with Crippen LogP contribution >= 0.6 is 11.3 Å². The lowest BCUT2D eigenvalue weighted by molar-refractivity contribution is -0.130. The van der Waals surface area contributed by atoms with E-state index in [-0.39, 0.29) is 5.91 Å². The first-order chi connectivity index (χ1) is 10.9. The quantitative estimate of drug-likeness (QED) is 0.778. The Labute approximate surface area is 142 Å².